The normalized spacial score (nSPS) is 13.0. The van der Waals surface area contributed by atoms with Crippen LogP contribution in [0.1, 0.15) is 53.5 Å². The Labute approximate surface area is 234 Å². The number of nitrogens with zero attached hydrogens (tertiary/aromatic N) is 1. The average Bonchev–Trinajstić information content (AvgIpc) is 2.85. The number of alkyl carbamates (subject to hydrolysis) is 1. The van der Waals surface area contributed by atoms with Gasteiger partial charge in [0.05, 0.1) is 13.2 Å². The van der Waals surface area contributed by atoms with Gasteiger partial charge in [0.2, 0.25) is 11.7 Å². The van der Waals surface area contributed by atoms with Crippen molar-refractivity contribution < 1.29 is 51.8 Å². The van der Waals surface area contributed by atoms with E-state index in [-0.39, 0.29) is 19.8 Å². The summed E-state index contributed by atoms with van der Waals surface area (Å²) in [5.74, 6) is -5.37. The molecule has 14 heteroatoms. The van der Waals surface area contributed by atoms with E-state index in [1.54, 1.807) is 51.1 Å². The van der Waals surface area contributed by atoms with E-state index in [1.165, 1.54) is 13.8 Å². The van der Waals surface area contributed by atoms with E-state index < -0.39 is 67.8 Å². The van der Waals surface area contributed by atoms with Crippen LogP contribution in [0.15, 0.2) is 30.3 Å². The average molecular weight is 587 g/mol. The standard InChI is InChI=1S/C26H39N2O11P/c1-8-37-40(34,38-9-2)23(24(32)39-26(4,5)6)28(7)22(31)21(15-20(30)17-35-18(3)29)27-25(33)36-16-19-13-11-10-12-14-19/h10-14,21,23H,8-9,15-17H2,1-7H3,(H,27,33)/t21-,23?/m0/s1. The van der Waals surface area contributed by atoms with Crippen LogP contribution in [0.25, 0.3) is 0 Å². The number of benzene rings is 1. The van der Waals surface area contributed by atoms with Gasteiger partial charge in [-0.15, -0.1) is 0 Å². The van der Waals surface area contributed by atoms with Crippen molar-refractivity contribution in [1.29, 1.82) is 0 Å². The van der Waals surface area contributed by atoms with Crippen molar-refractivity contribution >= 4 is 37.3 Å². The van der Waals surface area contributed by atoms with Gasteiger partial charge in [0.15, 0.2) is 5.78 Å². The second kappa shape index (κ2) is 16.1. The molecule has 0 aliphatic rings. The maximum atomic E-state index is 13.7. The lowest BCUT2D eigenvalue weighted by molar-refractivity contribution is -0.161. The number of esters is 2. The number of carbonyl (C=O) groups is 5. The van der Waals surface area contributed by atoms with E-state index in [0.717, 1.165) is 18.9 Å². The lowest BCUT2D eigenvalue weighted by atomic mass is 10.1. The number of ketones is 1. The number of likely N-dealkylation sites (N-methyl/N-ethyl adjacent to an activating group) is 1. The number of ether oxygens (including phenoxy) is 3. The zero-order valence-corrected chi connectivity index (χ0v) is 24.9. The molecule has 1 rings (SSSR count). The van der Waals surface area contributed by atoms with Crippen molar-refractivity contribution in [3.8, 4) is 0 Å². The molecule has 0 heterocycles. The summed E-state index contributed by atoms with van der Waals surface area (Å²) in [6, 6.07) is 7.12. The van der Waals surface area contributed by atoms with Gasteiger partial charge in [0, 0.05) is 20.4 Å². The fourth-order valence-corrected chi connectivity index (χ4v) is 5.26. The molecule has 224 valence electrons. The predicted octanol–water partition coefficient (Wildman–Crippen LogP) is 3.20. The van der Waals surface area contributed by atoms with Crippen LogP contribution in [0.4, 0.5) is 4.79 Å². The first-order valence-corrected chi connectivity index (χ1v) is 14.2. The number of Topliss-reactive ketones (excluding diaryl/α,β-unsaturated/α-hetero) is 1. The van der Waals surface area contributed by atoms with Gasteiger partial charge in [-0.2, -0.15) is 0 Å². The van der Waals surface area contributed by atoms with Crippen LogP contribution in [0, 0.1) is 0 Å². The Morgan fingerprint density at radius 2 is 1.55 bits per heavy atom. The molecule has 1 unspecified atom stereocenters. The second-order valence-electron chi connectivity index (χ2n) is 9.51. The molecule has 0 saturated heterocycles. The molecule has 0 saturated carbocycles. The Morgan fingerprint density at radius 1 is 0.975 bits per heavy atom. The van der Waals surface area contributed by atoms with Crippen LogP contribution in [-0.2, 0) is 53.6 Å². The van der Waals surface area contributed by atoms with Gasteiger partial charge < -0.3 is 33.5 Å². The second-order valence-corrected chi connectivity index (χ2v) is 11.6. The molecule has 0 fully saturated rings. The van der Waals surface area contributed by atoms with Crippen molar-refractivity contribution in [2.24, 2.45) is 0 Å². The highest BCUT2D eigenvalue weighted by Gasteiger charge is 2.49. The molecule has 2 amide bonds. The van der Waals surface area contributed by atoms with Crippen LogP contribution >= 0.6 is 7.60 Å². The summed E-state index contributed by atoms with van der Waals surface area (Å²) in [7, 11) is -3.20. The van der Waals surface area contributed by atoms with Gasteiger partial charge in [-0.1, -0.05) is 30.3 Å². The summed E-state index contributed by atoms with van der Waals surface area (Å²) in [6.45, 7) is 7.88. The van der Waals surface area contributed by atoms with E-state index in [4.69, 9.17) is 23.3 Å². The molecule has 0 spiro atoms. The fraction of sp³-hybridized carbons (Fsp3) is 0.577. The third-order valence-corrected chi connectivity index (χ3v) is 7.31. The van der Waals surface area contributed by atoms with E-state index in [9.17, 15) is 28.5 Å². The molecule has 0 bridgehead atoms. The summed E-state index contributed by atoms with van der Waals surface area (Å²) in [5, 5.41) is 2.31. The summed E-state index contributed by atoms with van der Waals surface area (Å²) in [5.41, 5.74) is -0.357. The lowest BCUT2D eigenvalue weighted by Gasteiger charge is -2.35. The Balaban J connectivity index is 3.33. The van der Waals surface area contributed by atoms with Crippen LogP contribution in [0.3, 0.4) is 0 Å². The maximum Gasteiger partial charge on any atom is 0.408 e. The van der Waals surface area contributed by atoms with Crippen molar-refractivity contribution in [2.75, 3.05) is 26.9 Å². The highest BCUT2D eigenvalue weighted by Crippen LogP contribution is 2.54. The lowest BCUT2D eigenvalue weighted by Crippen LogP contribution is -2.54. The monoisotopic (exact) mass is 586 g/mol. The van der Waals surface area contributed by atoms with E-state index in [0.29, 0.717) is 5.56 Å². The number of nitrogens with one attached hydrogen (secondary N) is 1. The molecule has 2 atom stereocenters. The highest BCUT2D eigenvalue weighted by molar-refractivity contribution is 7.55. The zero-order chi connectivity index (χ0) is 30.5. The van der Waals surface area contributed by atoms with Gasteiger partial charge >= 0.3 is 25.6 Å². The molecule has 1 aromatic rings. The highest BCUT2D eigenvalue weighted by atomic mass is 31.2. The van der Waals surface area contributed by atoms with Crippen molar-refractivity contribution in [2.45, 2.75) is 72.0 Å². The molecule has 0 aliphatic heterocycles. The Hall–Kier alpha value is -3.28. The summed E-state index contributed by atoms with van der Waals surface area (Å²) in [6.07, 6.45) is -1.67. The van der Waals surface area contributed by atoms with Crippen LogP contribution in [-0.4, -0.2) is 78.9 Å². The van der Waals surface area contributed by atoms with Crippen molar-refractivity contribution in [3.63, 3.8) is 0 Å². The minimum absolute atomic E-state index is 0.118. The van der Waals surface area contributed by atoms with Gasteiger partial charge in [0.1, 0.15) is 24.9 Å². The number of hydrogen-bond donors (Lipinski definition) is 1. The molecule has 0 radical (unpaired) electrons. The molecule has 40 heavy (non-hydrogen) atoms. The minimum Gasteiger partial charge on any atom is -0.458 e. The molecular formula is C26H39N2O11P. The molecule has 13 nitrogen and oxygen atoms in total. The number of carbonyl (C=O) groups excluding carboxylic acids is 5. The Bertz CT molecular complexity index is 1060. The third-order valence-electron chi connectivity index (χ3n) is 4.92. The van der Waals surface area contributed by atoms with Crippen LogP contribution < -0.4 is 5.32 Å². The first-order chi connectivity index (χ1) is 18.6. The minimum atomic E-state index is -4.34. The summed E-state index contributed by atoms with van der Waals surface area (Å²) < 4.78 is 39.7. The first kappa shape index (κ1) is 34.7. The van der Waals surface area contributed by atoms with Crippen LogP contribution in [0.5, 0.6) is 0 Å². The molecule has 0 aliphatic carbocycles. The molecule has 1 N–H and O–H groups in total. The Morgan fingerprint density at radius 3 is 2.05 bits per heavy atom. The van der Waals surface area contributed by atoms with E-state index >= 15 is 0 Å². The van der Waals surface area contributed by atoms with Gasteiger partial charge in [-0.3, -0.25) is 18.9 Å². The van der Waals surface area contributed by atoms with Crippen molar-refractivity contribution in [3.05, 3.63) is 35.9 Å². The summed E-state index contributed by atoms with van der Waals surface area (Å²) >= 11 is 0. The topological polar surface area (TPSA) is 164 Å². The fourth-order valence-electron chi connectivity index (χ4n) is 3.33. The number of rotatable bonds is 15. The van der Waals surface area contributed by atoms with Gasteiger partial charge in [0.25, 0.3) is 0 Å². The quantitative estimate of drug-likeness (QED) is 0.182. The van der Waals surface area contributed by atoms with E-state index in [2.05, 4.69) is 5.32 Å². The van der Waals surface area contributed by atoms with Crippen LogP contribution in [0.2, 0.25) is 0 Å². The predicted molar refractivity (Wildman–Crippen MR) is 143 cm³/mol. The Kier molecular flexibility index (Phi) is 14.0. The van der Waals surface area contributed by atoms with Crippen molar-refractivity contribution in [1.82, 2.24) is 10.2 Å². The third kappa shape index (κ3) is 11.8. The maximum absolute atomic E-state index is 13.7. The molecule has 1 aromatic carbocycles. The SMILES string of the molecule is CCOP(=O)(OCC)C(C(=O)OC(C)(C)C)N(C)C(=O)[C@H](CC(=O)COC(C)=O)NC(=O)OCc1ccccc1. The van der Waals surface area contributed by atoms with E-state index in [1.807, 2.05) is 0 Å². The smallest absolute Gasteiger partial charge is 0.408 e. The number of hydrogen-bond acceptors (Lipinski definition) is 11. The van der Waals surface area contributed by atoms with Gasteiger partial charge in [-0.05, 0) is 40.2 Å². The number of amides is 2. The summed E-state index contributed by atoms with van der Waals surface area (Å²) in [4.78, 5) is 63.9. The largest absolute Gasteiger partial charge is 0.458 e. The first-order valence-electron chi connectivity index (χ1n) is 12.6. The molecular weight excluding hydrogens is 547 g/mol. The zero-order valence-electron chi connectivity index (χ0n) is 24.0. The van der Waals surface area contributed by atoms with Gasteiger partial charge in [-0.25, -0.2) is 9.59 Å². The molecule has 0 aromatic heterocycles.